The van der Waals surface area contributed by atoms with E-state index >= 15 is 0 Å². The molecule has 3 nitrogen and oxygen atoms in total. The van der Waals surface area contributed by atoms with E-state index in [9.17, 15) is 4.79 Å². The first-order valence-electron chi connectivity index (χ1n) is 8.85. The monoisotopic (exact) mass is 328 g/mol. The molecule has 1 aliphatic heterocycles. The van der Waals surface area contributed by atoms with Crippen molar-refractivity contribution in [1.29, 1.82) is 0 Å². The summed E-state index contributed by atoms with van der Waals surface area (Å²) in [7, 11) is 0. The Labute approximate surface area is 147 Å². The number of nitrogens with zero attached hydrogens (tertiary/aromatic N) is 2. The molecular formula is C22H20N2O. The Bertz CT molecular complexity index is 928. The zero-order valence-corrected chi connectivity index (χ0v) is 14.3. The van der Waals surface area contributed by atoms with E-state index in [2.05, 4.69) is 42.3 Å². The van der Waals surface area contributed by atoms with Crippen molar-refractivity contribution in [2.24, 2.45) is 11.3 Å². The van der Waals surface area contributed by atoms with Gasteiger partial charge in [0.2, 0.25) is 0 Å². The van der Waals surface area contributed by atoms with Gasteiger partial charge in [0.1, 0.15) is 0 Å². The summed E-state index contributed by atoms with van der Waals surface area (Å²) in [5, 5.41) is 0. The Morgan fingerprint density at radius 3 is 3.00 bits per heavy atom. The fraction of sp³-hybridized carbons (Fsp3) is 0.273. The van der Waals surface area contributed by atoms with Crippen LogP contribution in [-0.4, -0.2) is 22.3 Å². The lowest BCUT2D eigenvalue weighted by molar-refractivity contribution is 0.0753. The van der Waals surface area contributed by atoms with Crippen molar-refractivity contribution < 1.29 is 4.79 Å². The van der Waals surface area contributed by atoms with Gasteiger partial charge in [0, 0.05) is 36.5 Å². The quantitative estimate of drug-likeness (QED) is 0.845. The van der Waals surface area contributed by atoms with Crippen LogP contribution >= 0.6 is 0 Å². The van der Waals surface area contributed by atoms with Gasteiger partial charge in [0.25, 0.3) is 5.91 Å². The number of rotatable bonds is 3. The minimum atomic E-state index is 0.174. The molecule has 124 valence electrons. The number of amides is 1. The third kappa shape index (κ3) is 2.34. The third-order valence-electron chi connectivity index (χ3n) is 5.78. The second kappa shape index (κ2) is 5.16. The molecule has 0 spiro atoms. The standard InChI is InChI=1S/C22H20N2O/c1-15-6-7-22(11-19(22)9-15)14-24-13-18-10-16(4-5-20(18)21(24)25)17-3-2-8-23-12-17/h2-10,12,19H,11,13-14H2,1H3. The molecule has 2 heterocycles. The lowest BCUT2D eigenvalue weighted by Gasteiger charge is -2.23. The van der Waals surface area contributed by atoms with Gasteiger partial charge in [-0.05, 0) is 54.2 Å². The highest BCUT2D eigenvalue weighted by atomic mass is 16.2. The van der Waals surface area contributed by atoms with Crippen LogP contribution in [0.25, 0.3) is 11.1 Å². The van der Waals surface area contributed by atoms with Gasteiger partial charge in [-0.15, -0.1) is 0 Å². The van der Waals surface area contributed by atoms with Crippen LogP contribution < -0.4 is 0 Å². The van der Waals surface area contributed by atoms with Crippen molar-refractivity contribution in [2.45, 2.75) is 19.9 Å². The summed E-state index contributed by atoms with van der Waals surface area (Å²) in [5.41, 5.74) is 5.73. The summed E-state index contributed by atoms with van der Waals surface area (Å²) < 4.78 is 0. The number of fused-ring (bicyclic) bond motifs is 2. The molecule has 25 heavy (non-hydrogen) atoms. The maximum Gasteiger partial charge on any atom is 0.254 e. The smallest absolute Gasteiger partial charge is 0.254 e. The molecule has 0 radical (unpaired) electrons. The first-order valence-corrected chi connectivity index (χ1v) is 8.85. The van der Waals surface area contributed by atoms with E-state index in [1.54, 1.807) is 6.20 Å². The van der Waals surface area contributed by atoms with Gasteiger partial charge in [0.15, 0.2) is 0 Å². The number of carbonyl (C=O) groups is 1. The zero-order valence-electron chi connectivity index (χ0n) is 14.3. The molecule has 3 aliphatic rings. The molecule has 2 atom stereocenters. The third-order valence-corrected chi connectivity index (χ3v) is 5.78. The van der Waals surface area contributed by atoms with E-state index in [-0.39, 0.29) is 11.3 Å². The summed E-state index contributed by atoms with van der Waals surface area (Å²) in [4.78, 5) is 19.0. The highest BCUT2D eigenvalue weighted by molar-refractivity contribution is 5.99. The maximum atomic E-state index is 12.8. The molecular weight excluding hydrogens is 308 g/mol. The molecule has 1 aromatic heterocycles. The van der Waals surface area contributed by atoms with E-state index in [1.807, 2.05) is 29.3 Å². The highest BCUT2D eigenvalue weighted by Crippen LogP contribution is 2.58. The molecule has 0 N–H and O–H groups in total. The Balaban J connectivity index is 1.39. The number of allylic oxidation sites excluding steroid dienone is 3. The van der Waals surface area contributed by atoms with Crippen LogP contribution in [0.2, 0.25) is 0 Å². The van der Waals surface area contributed by atoms with Crippen molar-refractivity contribution in [3.05, 3.63) is 77.7 Å². The van der Waals surface area contributed by atoms with E-state index in [4.69, 9.17) is 0 Å². The molecule has 2 aromatic rings. The van der Waals surface area contributed by atoms with E-state index in [0.29, 0.717) is 12.5 Å². The lowest BCUT2D eigenvalue weighted by atomic mass is 9.96. The van der Waals surface area contributed by atoms with E-state index in [0.717, 1.165) is 28.8 Å². The number of carbonyl (C=O) groups excluding carboxylic acids is 1. The topological polar surface area (TPSA) is 33.2 Å². The second-order valence-corrected chi connectivity index (χ2v) is 7.56. The van der Waals surface area contributed by atoms with Gasteiger partial charge >= 0.3 is 0 Å². The van der Waals surface area contributed by atoms with Gasteiger partial charge in [-0.25, -0.2) is 0 Å². The van der Waals surface area contributed by atoms with Gasteiger partial charge < -0.3 is 4.90 Å². The number of pyridine rings is 1. The zero-order chi connectivity index (χ0) is 17.0. The Morgan fingerprint density at radius 2 is 2.20 bits per heavy atom. The number of hydrogen-bond acceptors (Lipinski definition) is 2. The normalized spacial score (nSPS) is 26.3. The van der Waals surface area contributed by atoms with Crippen molar-refractivity contribution >= 4 is 5.91 Å². The molecule has 0 bridgehead atoms. The summed E-state index contributed by atoms with van der Waals surface area (Å²) in [6, 6.07) is 10.1. The summed E-state index contributed by atoms with van der Waals surface area (Å²) in [6.07, 6.45) is 11.7. The molecule has 2 aliphatic carbocycles. The lowest BCUT2D eigenvalue weighted by Crippen LogP contribution is -2.31. The van der Waals surface area contributed by atoms with Crippen molar-refractivity contribution in [2.75, 3.05) is 6.54 Å². The molecule has 0 saturated heterocycles. The molecule has 1 amide bonds. The predicted molar refractivity (Wildman–Crippen MR) is 97.9 cm³/mol. The SMILES string of the molecule is CC1=CC2CC2(CN2Cc3cc(-c4cccnc4)ccc3C2=O)C=C1. The number of hydrogen-bond donors (Lipinski definition) is 0. The van der Waals surface area contributed by atoms with Crippen molar-refractivity contribution in [3.63, 3.8) is 0 Å². The Morgan fingerprint density at radius 1 is 1.28 bits per heavy atom. The van der Waals surface area contributed by atoms with Gasteiger partial charge in [-0.1, -0.05) is 35.9 Å². The molecule has 1 fully saturated rings. The van der Waals surface area contributed by atoms with Crippen molar-refractivity contribution in [1.82, 2.24) is 9.88 Å². The van der Waals surface area contributed by atoms with Gasteiger partial charge in [-0.3, -0.25) is 9.78 Å². The van der Waals surface area contributed by atoms with Crippen LogP contribution in [-0.2, 0) is 6.54 Å². The molecule has 1 aromatic carbocycles. The minimum Gasteiger partial charge on any atom is -0.333 e. The first kappa shape index (κ1) is 14.6. The maximum absolute atomic E-state index is 12.8. The molecule has 2 unspecified atom stereocenters. The van der Waals surface area contributed by atoms with E-state index < -0.39 is 0 Å². The fourth-order valence-corrected chi connectivity index (χ4v) is 4.25. The van der Waals surface area contributed by atoms with Crippen molar-refractivity contribution in [3.8, 4) is 11.1 Å². The average molecular weight is 328 g/mol. The van der Waals surface area contributed by atoms with Gasteiger partial charge in [-0.2, -0.15) is 0 Å². The van der Waals surface area contributed by atoms with E-state index in [1.165, 1.54) is 12.0 Å². The molecule has 3 heteroatoms. The number of aromatic nitrogens is 1. The van der Waals surface area contributed by atoms with Gasteiger partial charge in [0.05, 0.1) is 0 Å². The Hall–Kier alpha value is -2.68. The first-order chi connectivity index (χ1) is 12.1. The fourth-order valence-electron chi connectivity index (χ4n) is 4.25. The summed E-state index contributed by atoms with van der Waals surface area (Å²) in [6.45, 7) is 3.69. The van der Waals surface area contributed by atoms with Crippen LogP contribution in [0.3, 0.4) is 0 Å². The van der Waals surface area contributed by atoms with Crippen LogP contribution in [0.15, 0.2) is 66.5 Å². The summed E-state index contributed by atoms with van der Waals surface area (Å²) >= 11 is 0. The highest BCUT2D eigenvalue weighted by Gasteiger charge is 2.53. The molecule has 1 saturated carbocycles. The minimum absolute atomic E-state index is 0.174. The second-order valence-electron chi connectivity index (χ2n) is 7.56. The van der Waals surface area contributed by atoms with Crippen LogP contribution in [0, 0.1) is 11.3 Å². The van der Waals surface area contributed by atoms with Crippen LogP contribution in [0.4, 0.5) is 0 Å². The number of benzene rings is 1. The average Bonchev–Trinajstić information content (AvgIpc) is 3.25. The Kier molecular flexibility index (Phi) is 3.02. The van der Waals surface area contributed by atoms with Crippen LogP contribution in [0.5, 0.6) is 0 Å². The predicted octanol–water partition coefficient (Wildman–Crippen LogP) is 4.23. The molecule has 5 rings (SSSR count). The summed E-state index contributed by atoms with van der Waals surface area (Å²) in [5.74, 6) is 0.785. The largest absolute Gasteiger partial charge is 0.333 e. The van der Waals surface area contributed by atoms with Crippen LogP contribution in [0.1, 0.15) is 29.3 Å².